The van der Waals surface area contributed by atoms with E-state index in [1.54, 1.807) is 0 Å². The summed E-state index contributed by atoms with van der Waals surface area (Å²) in [6.45, 7) is 1.91. The molecule has 0 spiro atoms. The van der Waals surface area contributed by atoms with Crippen LogP contribution >= 0.6 is 0 Å². The molecule has 120 valence electrons. The number of carboxylic acids is 1. The van der Waals surface area contributed by atoms with Gasteiger partial charge in [0.1, 0.15) is 11.8 Å². The molecule has 0 saturated carbocycles. The molecule has 1 rings (SSSR count). The fourth-order valence-corrected chi connectivity index (χ4v) is 1.89. The molecule has 1 aromatic rings. The van der Waals surface area contributed by atoms with E-state index in [4.69, 9.17) is 9.84 Å². The van der Waals surface area contributed by atoms with E-state index in [9.17, 15) is 19.7 Å². The number of nitrogens with zero attached hydrogens (tertiary/aromatic N) is 1. The van der Waals surface area contributed by atoms with Gasteiger partial charge in [-0.3, -0.25) is 14.9 Å². The van der Waals surface area contributed by atoms with Gasteiger partial charge in [-0.25, -0.2) is 4.79 Å². The number of benzene rings is 1. The van der Waals surface area contributed by atoms with E-state index in [-0.39, 0.29) is 23.4 Å². The molecule has 0 aliphatic heterocycles. The van der Waals surface area contributed by atoms with Crippen molar-refractivity contribution in [3.05, 3.63) is 33.9 Å². The van der Waals surface area contributed by atoms with Crippen LogP contribution in [0.1, 0.15) is 36.5 Å². The molecule has 8 nitrogen and oxygen atoms in total. The van der Waals surface area contributed by atoms with Crippen LogP contribution in [-0.4, -0.2) is 35.1 Å². The van der Waals surface area contributed by atoms with Crippen LogP contribution in [0, 0.1) is 10.1 Å². The molecule has 0 radical (unpaired) electrons. The lowest BCUT2D eigenvalue weighted by Crippen LogP contribution is -2.40. The number of nitro benzene ring substituents is 1. The molecule has 0 aromatic heterocycles. The second kappa shape index (κ2) is 7.96. The number of carbonyl (C=O) groups excluding carboxylic acids is 1. The van der Waals surface area contributed by atoms with Crippen molar-refractivity contribution in [2.45, 2.75) is 32.2 Å². The number of ether oxygens (including phenoxy) is 1. The molecule has 0 heterocycles. The first-order valence-corrected chi connectivity index (χ1v) is 6.76. The van der Waals surface area contributed by atoms with Gasteiger partial charge in [-0.15, -0.1) is 0 Å². The van der Waals surface area contributed by atoms with Crippen LogP contribution in [0.5, 0.6) is 5.75 Å². The lowest BCUT2D eigenvalue weighted by atomic mass is 10.1. The Balaban J connectivity index is 3.02. The van der Waals surface area contributed by atoms with Gasteiger partial charge in [-0.05, 0) is 12.5 Å². The van der Waals surface area contributed by atoms with Gasteiger partial charge in [0, 0.05) is 12.1 Å². The number of hydrogen-bond acceptors (Lipinski definition) is 5. The number of non-ortho nitro benzene ring substituents is 1. The summed E-state index contributed by atoms with van der Waals surface area (Å²) in [5.74, 6) is -1.72. The molecule has 0 aliphatic carbocycles. The first-order valence-electron chi connectivity index (χ1n) is 6.76. The quantitative estimate of drug-likeness (QED) is 0.559. The maximum absolute atomic E-state index is 12.2. The Hall–Kier alpha value is -2.64. The molecule has 22 heavy (non-hydrogen) atoms. The molecular formula is C14H18N2O6. The zero-order valence-corrected chi connectivity index (χ0v) is 12.4. The topological polar surface area (TPSA) is 119 Å². The van der Waals surface area contributed by atoms with Gasteiger partial charge in [-0.1, -0.05) is 19.8 Å². The predicted molar refractivity (Wildman–Crippen MR) is 78.1 cm³/mol. The predicted octanol–water partition coefficient (Wildman–Crippen LogP) is 1.98. The van der Waals surface area contributed by atoms with Crippen molar-refractivity contribution in [1.82, 2.24) is 5.32 Å². The van der Waals surface area contributed by atoms with Crippen molar-refractivity contribution < 1.29 is 24.4 Å². The minimum atomic E-state index is -1.15. The minimum Gasteiger partial charge on any atom is -0.496 e. The first-order chi connectivity index (χ1) is 10.4. The Morgan fingerprint density at radius 2 is 2.14 bits per heavy atom. The maximum Gasteiger partial charge on any atom is 0.326 e. The number of unbranched alkanes of at least 4 members (excludes halogenated alkanes) is 1. The molecule has 1 unspecified atom stereocenters. The summed E-state index contributed by atoms with van der Waals surface area (Å²) in [4.78, 5) is 33.5. The normalized spacial score (nSPS) is 11.5. The second-order valence-electron chi connectivity index (χ2n) is 4.65. The number of aliphatic carboxylic acids is 1. The summed E-state index contributed by atoms with van der Waals surface area (Å²) in [6, 6.07) is 2.53. The lowest BCUT2D eigenvalue weighted by molar-refractivity contribution is -0.384. The average molecular weight is 310 g/mol. The van der Waals surface area contributed by atoms with Crippen molar-refractivity contribution in [1.29, 1.82) is 0 Å². The highest BCUT2D eigenvalue weighted by atomic mass is 16.6. The van der Waals surface area contributed by atoms with E-state index in [1.807, 2.05) is 6.92 Å². The van der Waals surface area contributed by atoms with Gasteiger partial charge in [0.25, 0.3) is 11.6 Å². The molecule has 1 aromatic carbocycles. The molecule has 0 bridgehead atoms. The number of nitrogens with one attached hydrogen (secondary N) is 1. The Bertz CT molecular complexity index is 572. The number of methoxy groups -OCH3 is 1. The van der Waals surface area contributed by atoms with E-state index in [1.165, 1.54) is 19.2 Å². The Labute approximate surface area is 127 Å². The lowest BCUT2D eigenvalue weighted by Gasteiger charge is -2.15. The zero-order valence-electron chi connectivity index (χ0n) is 12.4. The second-order valence-corrected chi connectivity index (χ2v) is 4.65. The minimum absolute atomic E-state index is 0.0700. The third-order valence-electron chi connectivity index (χ3n) is 3.09. The van der Waals surface area contributed by atoms with Gasteiger partial charge < -0.3 is 15.2 Å². The van der Waals surface area contributed by atoms with Gasteiger partial charge >= 0.3 is 5.97 Å². The van der Waals surface area contributed by atoms with Gasteiger partial charge in [0.05, 0.1) is 17.6 Å². The number of carbonyl (C=O) groups is 2. The largest absolute Gasteiger partial charge is 0.496 e. The Morgan fingerprint density at radius 3 is 2.64 bits per heavy atom. The van der Waals surface area contributed by atoms with Crippen LogP contribution < -0.4 is 10.1 Å². The highest BCUT2D eigenvalue weighted by Crippen LogP contribution is 2.24. The highest BCUT2D eigenvalue weighted by Gasteiger charge is 2.23. The van der Waals surface area contributed by atoms with Crippen molar-refractivity contribution >= 4 is 17.6 Å². The Morgan fingerprint density at radius 1 is 1.45 bits per heavy atom. The monoisotopic (exact) mass is 310 g/mol. The summed E-state index contributed by atoms with van der Waals surface area (Å²) in [7, 11) is 1.32. The number of rotatable bonds is 8. The molecule has 1 atom stereocenters. The molecule has 1 amide bonds. The van der Waals surface area contributed by atoms with Crippen LogP contribution in [0.4, 0.5) is 5.69 Å². The van der Waals surface area contributed by atoms with E-state index < -0.39 is 22.8 Å². The third-order valence-corrected chi connectivity index (χ3v) is 3.09. The van der Waals surface area contributed by atoms with E-state index in [0.717, 1.165) is 12.5 Å². The van der Waals surface area contributed by atoms with Crippen LogP contribution in [0.25, 0.3) is 0 Å². The maximum atomic E-state index is 12.2. The highest BCUT2D eigenvalue weighted by molar-refractivity contribution is 5.99. The summed E-state index contributed by atoms with van der Waals surface area (Å²) in [5.41, 5.74) is -0.342. The number of carboxylic acid groups (broad SMARTS) is 1. The van der Waals surface area contributed by atoms with Crippen LogP contribution in [0.3, 0.4) is 0 Å². The molecule has 0 aliphatic rings. The van der Waals surface area contributed by atoms with E-state index >= 15 is 0 Å². The summed E-state index contributed by atoms with van der Waals surface area (Å²) < 4.78 is 4.99. The fourth-order valence-electron chi connectivity index (χ4n) is 1.89. The average Bonchev–Trinajstić information content (AvgIpc) is 2.49. The van der Waals surface area contributed by atoms with Crippen LogP contribution in [0.15, 0.2) is 18.2 Å². The van der Waals surface area contributed by atoms with Crippen molar-refractivity contribution in [2.24, 2.45) is 0 Å². The summed E-state index contributed by atoms with van der Waals surface area (Å²) >= 11 is 0. The van der Waals surface area contributed by atoms with Crippen molar-refractivity contribution in [2.75, 3.05) is 7.11 Å². The first kappa shape index (κ1) is 17.4. The molecule has 0 fully saturated rings. The fraction of sp³-hybridized carbons (Fsp3) is 0.429. The molecule has 8 heteroatoms. The standard InChI is InChI=1S/C14H18N2O6/c1-3-4-5-11(14(18)19)15-13(17)10-8-9(16(20)21)6-7-12(10)22-2/h6-8,11H,3-5H2,1-2H3,(H,15,17)(H,18,19). The van der Waals surface area contributed by atoms with Crippen LogP contribution in [-0.2, 0) is 4.79 Å². The van der Waals surface area contributed by atoms with Crippen molar-refractivity contribution in [3.8, 4) is 5.75 Å². The summed E-state index contributed by atoms with van der Waals surface area (Å²) in [6.07, 6.45) is 1.72. The van der Waals surface area contributed by atoms with Crippen LogP contribution in [0.2, 0.25) is 0 Å². The van der Waals surface area contributed by atoms with Crippen molar-refractivity contribution in [3.63, 3.8) is 0 Å². The van der Waals surface area contributed by atoms with Gasteiger partial charge in [0.2, 0.25) is 0 Å². The summed E-state index contributed by atoms with van der Waals surface area (Å²) in [5, 5.41) is 22.3. The smallest absolute Gasteiger partial charge is 0.326 e. The van der Waals surface area contributed by atoms with Gasteiger partial charge in [-0.2, -0.15) is 0 Å². The number of nitro groups is 1. The third kappa shape index (κ3) is 4.44. The van der Waals surface area contributed by atoms with E-state index in [2.05, 4.69) is 5.32 Å². The zero-order chi connectivity index (χ0) is 16.7. The molecule has 2 N–H and O–H groups in total. The van der Waals surface area contributed by atoms with Gasteiger partial charge in [0.15, 0.2) is 0 Å². The molecular weight excluding hydrogens is 292 g/mol. The van der Waals surface area contributed by atoms with E-state index in [0.29, 0.717) is 6.42 Å². The molecule has 0 saturated heterocycles. The number of amides is 1. The SMILES string of the molecule is CCCCC(NC(=O)c1cc([N+](=O)[O-])ccc1OC)C(=O)O. The number of hydrogen-bond donors (Lipinski definition) is 2. The Kier molecular flexibility index (Phi) is 6.30.